The van der Waals surface area contributed by atoms with Gasteiger partial charge in [-0.3, -0.25) is 0 Å². The molecule has 2 unspecified atom stereocenters. The monoisotopic (exact) mass is 282 g/mol. The number of benzene rings is 1. The molecule has 2 atom stereocenters. The second-order valence-corrected chi connectivity index (χ2v) is 3.86. The van der Waals surface area contributed by atoms with Crippen molar-refractivity contribution < 1.29 is 14.6 Å². The lowest BCUT2D eigenvalue weighted by molar-refractivity contribution is 0.0320. The van der Waals surface area contributed by atoms with Crippen LogP contribution in [0.5, 0.6) is 0 Å². The topological polar surface area (TPSA) is 40.5 Å². The van der Waals surface area contributed by atoms with Gasteiger partial charge < -0.3 is 10.2 Å². The summed E-state index contributed by atoms with van der Waals surface area (Å²) in [6, 6.07) is 4.29. The third kappa shape index (κ3) is 2.45. The third-order valence-electron chi connectivity index (χ3n) is 1.82. The molecule has 1 aromatic carbocycles. The Morgan fingerprint density at radius 3 is 2.64 bits per heavy atom. The minimum atomic E-state index is -1.27. The molecule has 0 aromatic heterocycles. The maximum absolute atomic E-state index is 13.3. The summed E-state index contributed by atoms with van der Waals surface area (Å²) in [7, 11) is 0. The van der Waals surface area contributed by atoms with Crippen molar-refractivity contribution in [3.63, 3.8) is 0 Å². The number of hydrogen-bond acceptors (Lipinski definition) is 2. The van der Waals surface area contributed by atoms with Crippen molar-refractivity contribution in [1.29, 1.82) is 0 Å². The van der Waals surface area contributed by atoms with Crippen molar-refractivity contribution in [2.75, 3.05) is 5.33 Å². The zero-order chi connectivity index (χ0) is 10.7. The van der Waals surface area contributed by atoms with Crippen LogP contribution < -0.4 is 0 Å². The van der Waals surface area contributed by atoms with E-state index >= 15 is 0 Å². The average molecular weight is 284 g/mol. The number of alkyl halides is 1. The van der Waals surface area contributed by atoms with Gasteiger partial charge in [0, 0.05) is 10.9 Å². The van der Waals surface area contributed by atoms with Gasteiger partial charge in [-0.15, -0.1) is 0 Å². The summed E-state index contributed by atoms with van der Waals surface area (Å²) in [5, 5.41) is 18.9. The summed E-state index contributed by atoms with van der Waals surface area (Å²) < 4.78 is 13.3. The van der Waals surface area contributed by atoms with E-state index in [1.165, 1.54) is 18.2 Å². The van der Waals surface area contributed by atoms with Crippen molar-refractivity contribution in [3.05, 3.63) is 34.6 Å². The molecular weight excluding hydrogens is 274 g/mol. The SMILES string of the molecule is OC(CBr)C(O)c1cccc(Cl)c1F. The van der Waals surface area contributed by atoms with E-state index in [9.17, 15) is 14.6 Å². The molecule has 0 bridgehead atoms. The quantitative estimate of drug-likeness (QED) is 0.836. The third-order valence-corrected chi connectivity index (χ3v) is 2.78. The first-order valence-corrected chi connectivity index (χ1v) is 5.44. The van der Waals surface area contributed by atoms with Crippen LogP contribution >= 0.6 is 27.5 Å². The molecule has 0 saturated carbocycles. The summed E-state index contributed by atoms with van der Waals surface area (Å²) in [6.45, 7) is 0. The van der Waals surface area contributed by atoms with Gasteiger partial charge in [0.2, 0.25) is 0 Å². The molecule has 1 rings (SSSR count). The number of rotatable bonds is 3. The number of halogens is 3. The number of aliphatic hydroxyl groups excluding tert-OH is 2. The molecule has 1 aromatic rings. The van der Waals surface area contributed by atoms with Crippen molar-refractivity contribution in [2.24, 2.45) is 0 Å². The lowest BCUT2D eigenvalue weighted by atomic mass is 10.1. The van der Waals surface area contributed by atoms with E-state index in [4.69, 9.17) is 11.6 Å². The van der Waals surface area contributed by atoms with Crippen molar-refractivity contribution in [2.45, 2.75) is 12.2 Å². The molecule has 2 nitrogen and oxygen atoms in total. The van der Waals surface area contributed by atoms with Crippen LogP contribution in [0.15, 0.2) is 18.2 Å². The standard InChI is InChI=1S/C9H9BrClFO2/c10-4-7(13)9(14)5-2-1-3-6(11)8(5)12/h1-3,7,9,13-14H,4H2. The molecule has 78 valence electrons. The minimum Gasteiger partial charge on any atom is -0.389 e. The van der Waals surface area contributed by atoms with Gasteiger partial charge in [0.25, 0.3) is 0 Å². The van der Waals surface area contributed by atoms with Gasteiger partial charge in [-0.25, -0.2) is 4.39 Å². The van der Waals surface area contributed by atoms with Crippen LogP contribution in [0.3, 0.4) is 0 Å². The zero-order valence-electron chi connectivity index (χ0n) is 7.12. The summed E-state index contributed by atoms with van der Waals surface area (Å²) in [5.74, 6) is -0.693. The van der Waals surface area contributed by atoms with Gasteiger partial charge in [0.1, 0.15) is 11.9 Å². The summed E-state index contributed by atoms with van der Waals surface area (Å²) in [5.41, 5.74) is 0.00412. The van der Waals surface area contributed by atoms with Crippen LogP contribution in [-0.2, 0) is 0 Å². The molecule has 0 aliphatic heterocycles. The molecule has 14 heavy (non-hydrogen) atoms. The Morgan fingerprint density at radius 1 is 1.43 bits per heavy atom. The van der Waals surface area contributed by atoms with Gasteiger partial charge in [0.05, 0.1) is 11.1 Å². The molecule has 0 aliphatic carbocycles. The summed E-state index contributed by atoms with van der Waals surface area (Å²) >= 11 is 8.52. The molecule has 0 radical (unpaired) electrons. The first-order chi connectivity index (χ1) is 6.57. The highest BCUT2D eigenvalue weighted by Gasteiger charge is 2.21. The van der Waals surface area contributed by atoms with E-state index in [1.54, 1.807) is 0 Å². The van der Waals surface area contributed by atoms with E-state index in [0.717, 1.165) is 0 Å². The fourth-order valence-corrected chi connectivity index (χ4v) is 1.58. The van der Waals surface area contributed by atoms with Crippen molar-refractivity contribution in [3.8, 4) is 0 Å². The predicted molar refractivity (Wildman–Crippen MR) is 56.2 cm³/mol. The van der Waals surface area contributed by atoms with Crippen LogP contribution in [0.4, 0.5) is 4.39 Å². The Kier molecular flexibility index (Phi) is 4.31. The van der Waals surface area contributed by atoms with E-state index in [0.29, 0.717) is 0 Å². The Hall–Kier alpha value is -0.160. The highest BCUT2D eigenvalue weighted by molar-refractivity contribution is 9.09. The van der Waals surface area contributed by atoms with E-state index in [-0.39, 0.29) is 15.9 Å². The predicted octanol–water partition coefficient (Wildman–Crippen LogP) is 2.27. The average Bonchev–Trinajstić information content (AvgIpc) is 2.20. The van der Waals surface area contributed by atoms with Crippen LogP contribution in [-0.4, -0.2) is 21.6 Å². The second-order valence-electron chi connectivity index (χ2n) is 2.81. The van der Waals surface area contributed by atoms with Crippen LogP contribution in [0, 0.1) is 5.82 Å². The lowest BCUT2D eigenvalue weighted by Crippen LogP contribution is -2.20. The van der Waals surface area contributed by atoms with Crippen LogP contribution in [0.1, 0.15) is 11.7 Å². The highest BCUT2D eigenvalue weighted by Crippen LogP contribution is 2.25. The first-order valence-electron chi connectivity index (χ1n) is 3.94. The Bertz CT molecular complexity index is 322. The Labute approximate surface area is 94.5 Å². The zero-order valence-corrected chi connectivity index (χ0v) is 9.46. The van der Waals surface area contributed by atoms with Gasteiger partial charge in [-0.2, -0.15) is 0 Å². The molecule has 0 amide bonds. The smallest absolute Gasteiger partial charge is 0.147 e. The number of aliphatic hydroxyl groups is 2. The van der Waals surface area contributed by atoms with Gasteiger partial charge >= 0.3 is 0 Å². The highest BCUT2D eigenvalue weighted by atomic mass is 79.9. The molecule has 0 aliphatic rings. The Balaban J connectivity index is 3.01. The molecule has 2 N–H and O–H groups in total. The molecule has 0 spiro atoms. The Morgan fingerprint density at radius 2 is 2.07 bits per heavy atom. The normalized spacial score (nSPS) is 15.2. The molecule has 0 heterocycles. The van der Waals surface area contributed by atoms with E-state index < -0.39 is 18.0 Å². The largest absolute Gasteiger partial charge is 0.389 e. The molecule has 0 saturated heterocycles. The summed E-state index contributed by atoms with van der Waals surface area (Å²) in [6.07, 6.45) is -2.32. The second kappa shape index (κ2) is 5.07. The maximum Gasteiger partial charge on any atom is 0.147 e. The van der Waals surface area contributed by atoms with Gasteiger partial charge in [0.15, 0.2) is 0 Å². The summed E-state index contributed by atoms with van der Waals surface area (Å²) in [4.78, 5) is 0. The fraction of sp³-hybridized carbons (Fsp3) is 0.333. The van der Waals surface area contributed by atoms with Crippen LogP contribution in [0.2, 0.25) is 5.02 Å². The van der Waals surface area contributed by atoms with Gasteiger partial charge in [-0.1, -0.05) is 39.7 Å². The minimum absolute atomic E-state index is 0.00412. The van der Waals surface area contributed by atoms with Crippen molar-refractivity contribution >= 4 is 27.5 Å². The van der Waals surface area contributed by atoms with E-state index in [2.05, 4.69) is 15.9 Å². The van der Waals surface area contributed by atoms with Gasteiger partial charge in [-0.05, 0) is 6.07 Å². The molecular formula is C9H9BrClFO2. The first kappa shape index (κ1) is 11.9. The maximum atomic E-state index is 13.3. The fourth-order valence-electron chi connectivity index (χ4n) is 1.04. The number of hydrogen-bond donors (Lipinski definition) is 2. The van der Waals surface area contributed by atoms with Crippen molar-refractivity contribution in [1.82, 2.24) is 0 Å². The molecule has 5 heteroatoms. The van der Waals surface area contributed by atoms with Crippen LogP contribution in [0.25, 0.3) is 0 Å². The van der Waals surface area contributed by atoms with E-state index in [1.807, 2.05) is 0 Å². The lowest BCUT2D eigenvalue weighted by Gasteiger charge is -2.16. The molecule has 0 fully saturated rings.